The largest absolute Gasteiger partial charge is 0.337 e. The van der Waals surface area contributed by atoms with Crippen LogP contribution in [0.5, 0.6) is 0 Å². The van der Waals surface area contributed by atoms with Crippen LogP contribution in [0.15, 0.2) is 35.5 Å². The van der Waals surface area contributed by atoms with Gasteiger partial charge in [-0.3, -0.25) is 4.79 Å². The minimum Gasteiger partial charge on any atom is -0.337 e. The Bertz CT molecular complexity index is 822. The Balaban J connectivity index is 1.69. The standard InChI is InChI=1S/C19H23N5OS/c1-13(2)19(3,12-20)22-16(25)11-26-18-21-17(14-9-10-14)24(23-18)15-7-5-4-6-8-15/h4-8,13-14H,9-11H2,1-3H3,(H,22,25). The zero-order valence-corrected chi connectivity index (χ0v) is 16.1. The molecular weight excluding hydrogens is 346 g/mol. The molecule has 1 atom stereocenters. The number of carbonyl (C=O) groups excluding carboxylic acids is 1. The fourth-order valence-electron chi connectivity index (χ4n) is 2.49. The first kappa shape index (κ1) is 18.5. The molecule has 0 saturated heterocycles. The highest BCUT2D eigenvalue weighted by Crippen LogP contribution is 2.40. The highest BCUT2D eigenvalue weighted by molar-refractivity contribution is 7.99. The molecule has 136 valence electrons. The van der Waals surface area contributed by atoms with Crippen LogP contribution in [-0.4, -0.2) is 32.0 Å². The molecule has 1 amide bonds. The molecule has 3 rings (SSSR count). The van der Waals surface area contributed by atoms with Crippen molar-refractivity contribution in [2.24, 2.45) is 5.92 Å². The molecule has 1 aliphatic carbocycles. The van der Waals surface area contributed by atoms with Crippen molar-refractivity contribution in [1.29, 1.82) is 5.26 Å². The second-order valence-corrected chi connectivity index (χ2v) is 8.02. The first-order valence-electron chi connectivity index (χ1n) is 8.80. The fourth-order valence-corrected chi connectivity index (χ4v) is 3.12. The number of benzene rings is 1. The minimum atomic E-state index is -0.867. The van der Waals surface area contributed by atoms with E-state index in [1.165, 1.54) is 11.8 Å². The maximum atomic E-state index is 12.3. The fraction of sp³-hybridized carbons (Fsp3) is 0.474. The van der Waals surface area contributed by atoms with Crippen molar-refractivity contribution in [1.82, 2.24) is 20.1 Å². The van der Waals surface area contributed by atoms with Gasteiger partial charge in [-0.1, -0.05) is 43.8 Å². The highest BCUT2D eigenvalue weighted by Gasteiger charge is 2.32. The summed E-state index contributed by atoms with van der Waals surface area (Å²) in [6, 6.07) is 12.1. The molecule has 0 radical (unpaired) electrons. The van der Waals surface area contributed by atoms with Crippen LogP contribution in [0.25, 0.3) is 5.69 Å². The molecule has 0 aliphatic heterocycles. The molecule has 0 bridgehead atoms. The number of aromatic nitrogens is 3. The smallest absolute Gasteiger partial charge is 0.231 e. The van der Waals surface area contributed by atoms with E-state index in [1.807, 2.05) is 48.9 Å². The number of nitriles is 1. The minimum absolute atomic E-state index is 0.0262. The number of carbonyl (C=O) groups is 1. The maximum Gasteiger partial charge on any atom is 0.231 e. The highest BCUT2D eigenvalue weighted by atomic mass is 32.2. The number of nitrogens with zero attached hydrogens (tertiary/aromatic N) is 4. The third kappa shape index (κ3) is 4.07. The molecule has 1 N–H and O–H groups in total. The van der Waals surface area contributed by atoms with Gasteiger partial charge in [0.25, 0.3) is 0 Å². The maximum absolute atomic E-state index is 12.3. The van der Waals surface area contributed by atoms with Crippen molar-refractivity contribution in [3.05, 3.63) is 36.2 Å². The molecule has 1 unspecified atom stereocenters. The number of para-hydroxylation sites is 1. The van der Waals surface area contributed by atoms with Crippen LogP contribution in [0, 0.1) is 17.2 Å². The van der Waals surface area contributed by atoms with E-state index in [9.17, 15) is 10.1 Å². The van der Waals surface area contributed by atoms with Gasteiger partial charge >= 0.3 is 0 Å². The van der Waals surface area contributed by atoms with Crippen LogP contribution in [-0.2, 0) is 4.79 Å². The topological polar surface area (TPSA) is 83.6 Å². The Kier molecular flexibility index (Phi) is 5.33. The predicted octanol–water partition coefficient (Wildman–Crippen LogP) is 3.29. The van der Waals surface area contributed by atoms with E-state index in [0.717, 1.165) is 24.4 Å². The summed E-state index contributed by atoms with van der Waals surface area (Å²) < 4.78 is 1.88. The van der Waals surface area contributed by atoms with Crippen molar-refractivity contribution in [2.45, 2.75) is 50.2 Å². The molecule has 1 fully saturated rings. The summed E-state index contributed by atoms with van der Waals surface area (Å²) in [4.78, 5) is 16.9. The summed E-state index contributed by atoms with van der Waals surface area (Å²) in [6.45, 7) is 5.58. The van der Waals surface area contributed by atoms with E-state index in [1.54, 1.807) is 6.92 Å². The van der Waals surface area contributed by atoms with E-state index in [0.29, 0.717) is 11.1 Å². The number of hydrogen-bond acceptors (Lipinski definition) is 5. The van der Waals surface area contributed by atoms with Crippen molar-refractivity contribution >= 4 is 17.7 Å². The molecule has 1 aromatic heterocycles. The van der Waals surface area contributed by atoms with Crippen LogP contribution < -0.4 is 5.32 Å². The van der Waals surface area contributed by atoms with Gasteiger partial charge in [0.15, 0.2) is 0 Å². The second-order valence-electron chi connectivity index (χ2n) is 7.08. The van der Waals surface area contributed by atoms with Crippen molar-refractivity contribution in [3.63, 3.8) is 0 Å². The third-order valence-corrected chi connectivity index (χ3v) is 5.51. The molecule has 1 aliphatic rings. The van der Waals surface area contributed by atoms with Crippen molar-refractivity contribution < 1.29 is 4.79 Å². The summed E-state index contributed by atoms with van der Waals surface area (Å²) in [5.41, 5.74) is 0.114. The van der Waals surface area contributed by atoms with E-state index in [2.05, 4.69) is 21.5 Å². The van der Waals surface area contributed by atoms with Crippen LogP contribution in [0.4, 0.5) is 0 Å². The number of hydrogen-bond donors (Lipinski definition) is 1. The average molecular weight is 369 g/mol. The van der Waals surface area contributed by atoms with E-state index in [-0.39, 0.29) is 17.6 Å². The van der Waals surface area contributed by atoms with Gasteiger partial charge in [0.2, 0.25) is 11.1 Å². The quantitative estimate of drug-likeness (QED) is 0.757. The van der Waals surface area contributed by atoms with Crippen molar-refractivity contribution in [2.75, 3.05) is 5.75 Å². The normalized spacial score (nSPS) is 16.1. The van der Waals surface area contributed by atoms with Gasteiger partial charge in [-0.15, -0.1) is 5.10 Å². The number of thioether (sulfide) groups is 1. The monoisotopic (exact) mass is 369 g/mol. The zero-order chi connectivity index (χ0) is 18.7. The van der Waals surface area contributed by atoms with E-state index in [4.69, 9.17) is 0 Å². The summed E-state index contributed by atoms with van der Waals surface area (Å²) in [7, 11) is 0. The molecule has 1 aromatic carbocycles. The lowest BCUT2D eigenvalue weighted by Crippen LogP contribution is -2.49. The van der Waals surface area contributed by atoms with Crippen LogP contribution in [0.2, 0.25) is 0 Å². The van der Waals surface area contributed by atoms with E-state index >= 15 is 0 Å². The Morgan fingerprint density at radius 2 is 2.12 bits per heavy atom. The second kappa shape index (κ2) is 7.50. The van der Waals surface area contributed by atoms with Gasteiger partial charge in [0.1, 0.15) is 11.4 Å². The number of nitrogens with one attached hydrogen (secondary N) is 1. The summed E-state index contributed by atoms with van der Waals surface area (Å²) >= 11 is 1.30. The lowest BCUT2D eigenvalue weighted by molar-refractivity contribution is -0.120. The molecular formula is C19H23N5OS. The summed E-state index contributed by atoms with van der Waals surface area (Å²) in [5, 5.41) is 17.3. The number of rotatable bonds is 7. The molecule has 0 spiro atoms. The van der Waals surface area contributed by atoms with Gasteiger partial charge in [-0.2, -0.15) is 5.26 Å². The molecule has 26 heavy (non-hydrogen) atoms. The molecule has 1 saturated carbocycles. The van der Waals surface area contributed by atoms with Crippen LogP contribution >= 0.6 is 11.8 Å². The summed E-state index contributed by atoms with van der Waals surface area (Å²) in [5.74, 6) is 1.44. The Morgan fingerprint density at radius 1 is 1.42 bits per heavy atom. The number of amides is 1. The first-order valence-corrected chi connectivity index (χ1v) is 9.79. The van der Waals surface area contributed by atoms with E-state index < -0.39 is 5.54 Å². The lowest BCUT2D eigenvalue weighted by atomic mass is 9.90. The van der Waals surface area contributed by atoms with Gasteiger partial charge in [0.05, 0.1) is 17.5 Å². The first-order chi connectivity index (χ1) is 12.4. The Morgan fingerprint density at radius 3 is 2.69 bits per heavy atom. The summed E-state index contributed by atoms with van der Waals surface area (Å²) in [6.07, 6.45) is 2.26. The SMILES string of the molecule is CC(C)C(C)(C#N)NC(=O)CSc1nc(C2CC2)n(-c2ccccc2)n1. The molecule has 7 heteroatoms. The molecule has 2 aromatic rings. The van der Waals surface area contributed by atoms with Gasteiger partial charge in [-0.05, 0) is 37.8 Å². The Labute approximate surface area is 158 Å². The van der Waals surface area contributed by atoms with Gasteiger partial charge in [0, 0.05) is 5.92 Å². The van der Waals surface area contributed by atoms with Crippen molar-refractivity contribution in [3.8, 4) is 11.8 Å². The lowest BCUT2D eigenvalue weighted by Gasteiger charge is -2.27. The molecule has 1 heterocycles. The van der Waals surface area contributed by atoms with Crippen LogP contribution in [0.3, 0.4) is 0 Å². The predicted molar refractivity (Wildman–Crippen MR) is 101 cm³/mol. The zero-order valence-electron chi connectivity index (χ0n) is 15.3. The van der Waals surface area contributed by atoms with Gasteiger partial charge < -0.3 is 5.32 Å². The third-order valence-electron chi connectivity index (χ3n) is 4.67. The van der Waals surface area contributed by atoms with Crippen LogP contribution in [0.1, 0.15) is 45.4 Å². The molecule has 6 nitrogen and oxygen atoms in total. The Hall–Kier alpha value is -2.33. The van der Waals surface area contributed by atoms with Gasteiger partial charge in [-0.25, -0.2) is 9.67 Å². The average Bonchev–Trinajstić information content (AvgIpc) is 3.40.